The van der Waals surface area contributed by atoms with E-state index in [0.29, 0.717) is 0 Å². The fourth-order valence-corrected chi connectivity index (χ4v) is 15.7. The fourth-order valence-electron chi connectivity index (χ4n) is 6.36. The van der Waals surface area contributed by atoms with Gasteiger partial charge in [-0.1, -0.05) is 0 Å². The van der Waals surface area contributed by atoms with Crippen LogP contribution in [0.3, 0.4) is 0 Å². The Morgan fingerprint density at radius 2 is 0.627 bits per heavy atom. The molecule has 5 atom stereocenters. The Morgan fingerprint density at radius 1 is 0.403 bits per heavy atom. The summed E-state index contributed by atoms with van der Waals surface area (Å²) in [5.41, 5.74) is -0.605. The van der Waals surface area contributed by atoms with Crippen LogP contribution in [0.25, 0.3) is 0 Å². The second-order valence-corrected chi connectivity index (χ2v) is 21.7. The Balaban J connectivity index is 2.90. The Bertz CT molecular complexity index is 2120. The van der Waals surface area contributed by atoms with Crippen LogP contribution in [0.2, 0.25) is 0 Å². The van der Waals surface area contributed by atoms with Crippen molar-refractivity contribution in [3.63, 3.8) is 0 Å². The minimum absolute atomic E-state index is 0.0525. The number of halogens is 6. The lowest BCUT2D eigenvalue weighted by molar-refractivity contribution is -0.118. The fraction of sp³-hybridized carbons (Fsp3) is 0.538. The summed E-state index contributed by atoms with van der Waals surface area (Å²) < 4.78 is 0.569. The van der Waals surface area contributed by atoms with Crippen LogP contribution < -0.4 is 9.80 Å². The zero-order chi connectivity index (χ0) is 51.7. The number of carbonyl (C=O) groups is 6. The molecule has 0 aliphatic rings. The van der Waals surface area contributed by atoms with Gasteiger partial charge in [0.15, 0.2) is 6.29 Å². The molecular weight excluding hydrogens is 1570 g/mol. The van der Waals surface area contributed by atoms with Gasteiger partial charge in [-0.05, 0) is 136 Å². The second-order valence-electron chi connectivity index (χ2n) is 15.2. The number of hydrogen-bond donors (Lipinski definition) is 10. The molecule has 6 amide bonds. The van der Waals surface area contributed by atoms with Crippen LogP contribution in [-0.2, 0) is 9.59 Å². The molecule has 0 saturated carbocycles. The summed E-state index contributed by atoms with van der Waals surface area (Å²) in [6.07, 6.45) is -9.75. The number of hydrogen-bond acceptors (Lipinski definition) is 16. The van der Waals surface area contributed by atoms with Crippen molar-refractivity contribution in [2.75, 3.05) is 97.1 Å². The van der Waals surface area contributed by atoms with E-state index in [1.807, 2.05) is 0 Å². The maximum absolute atomic E-state index is 14.1. The summed E-state index contributed by atoms with van der Waals surface area (Å²) in [5, 5.41) is 102. The molecule has 0 spiro atoms. The maximum atomic E-state index is 14.1. The molecule has 0 radical (unpaired) electrons. The molecule has 10 N–H and O–H groups in total. The lowest BCUT2D eigenvalue weighted by Crippen LogP contribution is -2.48. The van der Waals surface area contributed by atoms with Gasteiger partial charge in [-0.3, -0.25) is 28.8 Å². The van der Waals surface area contributed by atoms with Crippen LogP contribution in [0.4, 0.5) is 11.4 Å². The normalized spacial score (nSPS) is 13.7. The first-order valence-corrected chi connectivity index (χ1v) is 26.1. The summed E-state index contributed by atoms with van der Waals surface area (Å²) in [7, 11) is 5.28. The molecule has 0 saturated heterocycles. The highest BCUT2D eigenvalue weighted by molar-refractivity contribution is 14.1. The molecule has 5 unspecified atom stereocenters. The van der Waals surface area contributed by atoms with E-state index < -0.39 is 112 Å². The number of aliphatic hydroxyl groups excluding tert-OH is 9. The zero-order valence-electron chi connectivity index (χ0n) is 36.7. The van der Waals surface area contributed by atoms with Crippen LogP contribution in [0.5, 0.6) is 0 Å². The van der Waals surface area contributed by atoms with Gasteiger partial charge in [0.2, 0.25) is 11.8 Å². The first-order chi connectivity index (χ1) is 31.0. The number of likely N-dealkylation sites (N-methyl/N-ethyl adjacent to an activating group) is 4. The van der Waals surface area contributed by atoms with Gasteiger partial charge in [-0.2, -0.15) is 0 Å². The van der Waals surface area contributed by atoms with E-state index in [9.17, 15) is 79.8 Å². The molecule has 0 heterocycles. The number of anilines is 2. The van der Waals surface area contributed by atoms with E-state index >= 15 is 0 Å². The van der Waals surface area contributed by atoms with Crippen LogP contribution >= 0.6 is 136 Å². The lowest BCUT2D eigenvalue weighted by atomic mass is 10.0. The molecule has 2 aromatic carbocycles. The third-order valence-corrected chi connectivity index (χ3v) is 16.2. The van der Waals surface area contributed by atoms with E-state index in [2.05, 4.69) is 0 Å². The third-order valence-electron chi connectivity index (χ3n) is 9.84. The summed E-state index contributed by atoms with van der Waals surface area (Å²) in [4.78, 5) is 89.8. The standard InChI is InChI=1S/C39H52I6N6O16/c1-16(55)50(34-30(42)24(36(64)46(3)7-18(57)13-52)28(40)25(31(34)43)37(65)47(4)8-19(58)14-53)10-21(60)22(61)11-51(17(2)56)35-32(44)26(38(66)48(5)9-20(59)15-54)29(41)27(33(35)45)39(67)49(6)12-23(62)63/h18-23,52-54,57-63H,7-15H2,1-6H3. The quantitative estimate of drug-likeness (QED) is 0.0505. The first-order valence-electron chi connectivity index (χ1n) is 19.6. The SMILES string of the molecule is CC(=O)N(CC(O)C(O)CN(C(C)=O)c1c(I)c(C(=O)N(C)CC(O)CO)c(I)c(C(=O)N(C)CC(O)CO)c1I)c1c(I)c(C(=O)N(C)CC(O)O)c(I)c(C(=O)N(C)CC(O)CO)c1I. The molecule has 0 aliphatic heterocycles. The summed E-state index contributed by atoms with van der Waals surface area (Å²) in [6.45, 7) is -2.78. The van der Waals surface area contributed by atoms with Crippen LogP contribution in [-0.4, -0.2) is 230 Å². The summed E-state index contributed by atoms with van der Waals surface area (Å²) in [6, 6.07) is 0. The molecule has 22 nitrogen and oxygen atoms in total. The van der Waals surface area contributed by atoms with Gasteiger partial charge in [0.25, 0.3) is 23.6 Å². The molecule has 0 aliphatic carbocycles. The highest BCUT2D eigenvalue weighted by atomic mass is 127. The Morgan fingerprint density at radius 3 is 0.821 bits per heavy atom. The number of nitrogens with zero attached hydrogens (tertiary/aromatic N) is 6. The number of benzene rings is 2. The average Bonchev–Trinajstić information content (AvgIpc) is 3.24. The highest BCUT2D eigenvalue weighted by Crippen LogP contribution is 2.41. The molecule has 67 heavy (non-hydrogen) atoms. The molecule has 2 aromatic rings. The average molecular weight is 1620 g/mol. The smallest absolute Gasteiger partial charge is 0.256 e. The topological polar surface area (TPSA) is 324 Å². The summed E-state index contributed by atoms with van der Waals surface area (Å²) >= 11 is 10.7. The number of aliphatic hydroxyl groups is 10. The number of amides is 6. The van der Waals surface area contributed by atoms with E-state index in [1.165, 1.54) is 28.2 Å². The van der Waals surface area contributed by atoms with Gasteiger partial charge in [0, 0.05) is 68.8 Å². The molecule has 2 rings (SSSR count). The van der Waals surface area contributed by atoms with Gasteiger partial charge in [-0.15, -0.1) is 0 Å². The first kappa shape index (κ1) is 62.4. The van der Waals surface area contributed by atoms with Crippen molar-refractivity contribution in [2.24, 2.45) is 0 Å². The molecule has 28 heteroatoms. The highest BCUT2D eigenvalue weighted by Gasteiger charge is 2.38. The van der Waals surface area contributed by atoms with Crippen LogP contribution in [0, 0.1) is 21.4 Å². The zero-order valence-corrected chi connectivity index (χ0v) is 49.6. The van der Waals surface area contributed by atoms with Crippen molar-refractivity contribution in [3.8, 4) is 0 Å². The molecule has 0 aromatic heterocycles. The number of carbonyl (C=O) groups excluding carboxylic acids is 6. The van der Waals surface area contributed by atoms with Crippen molar-refractivity contribution in [3.05, 3.63) is 43.7 Å². The van der Waals surface area contributed by atoms with Gasteiger partial charge in [0.05, 0.1) is 118 Å². The van der Waals surface area contributed by atoms with E-state index in [1.54, 1.807) is 136 Å². The number of rotatable bonds is 22. The second kappa shape index (κ2) is 27.9. The maximum Gasteiger partial charge on any atom is 0.256 e. The minimum Gasteiger partial charge on any atom is -0.394 e. The molecule has 0 fully saturated rings. The van der Waals surface area contributed by atoms with Gasteiger partial charge in [0.1, 0.15) is 0 Å². The van der Waals surface area contributed by atoms with Gasteiger partial charge < -0.3 is 80.5 Å². The van der Waals surface area contributed by atoms with Crippen LogP contribution in [0.1, 0.15) is 55.3 Å². The largest absolute Gasteiger partial charge is 0.394 e. The summed E-state index contributed by atoms with van der Waals surface area (Å²) in [5.74, 6) is -4.50. The van der Waals surface area contributed by atoms with Crippen molar-refractivity contribution in [2.45, 2.75) is 50.7 Å². The third kappa shape index (κ3) is 15.6. The lowest BCUT2D eigenvalue weighted by Gasteiger charge is -2.34. The monoisotopic (exact) mass is 1620 g/mol. The predicted octanol–water partition coefficient (Wildman–Crippen LogP) is -0.900. The Kier molecular flexibility index (Phi) is 26.0. The van der Waals surface area contributed by atoms with E-state index in [0.717, 1.165) is 43.2 Å². The Labute approximate surface area is 467 Å². The van der Waals surface area contributed by atoms with Crippen molar-refractivity contribution < 1.29 is 79.8 Å². The molecule has 376 valence electrons. The van der Waals surface area contributed by atoms with Crippen molar-refractivity contribution >= 4 is 182 Å². The molecule has 0 bridgehead atoms. The Hall–Kier alpha value is -0.760. The van der Waals surface area contributed by atoms with Crippen molar-refractivity contribution in [1.29, 1.82) is 0 Å². The minimum atomic E-state index is -1.94. The van der Waals surface area contributed by atoms with Crippen LogP contribution in [0.15, 0.2) is 0 Å². The van der Waals surface area contributed by atoms with Gasteiger partial charge in [-0.25, -0.2) is 0 Å². The predicted molar refractivity (Wildman–Crippen MR) is 293 cm³/mol. The van der Waals surface area contributed by atoms with E-state index in [-0.39, 0.29) is 74.7 Å². The van der Waals surface area contributed by atoms with E-state index in [4.69, 9.17) is 0 Å². The molecular formula is C39H52I6N6O16. The van der Waals surface area contributed by atoms with Crippen molar-refractivity contribution in [1.82, 2.24) is 19.6 Å². The van der Waals surface area contributed by atoms with Gasteiger partial charge >= 0.3 is 0 Å².